The van der Waals surface area contributed by atoms with Crippen molar-refractivity contribution in [2.24, 2.45) is 0 Å². The lowest BCUT2D eigenvalue weighted by Gasteiger charge is -2.56. The maximum absolute atomic E-state index is 14.2. The van der Waals surface area contributed by atoms with E-state index in [9.17, 15) is 24.3 Å². The lowest BCUT2D eigenvalue weighted by atomic mass is 9.54. The van der Waals surface area contributed by atoms with Gasteiger partial charge in [0.1, 0.15) is 11.4 Å². The maximum Gasteiger partial charge on any atom is 0.514 e. The largest absolute Gasteiger partial charge is 0.514 e. The minimum absolute atomic E-state index is 0.0643. The molecular weight excluding hydrogens is 726 g/mol. The monoisotopic (exact) mass is 779 g/mol. The smallest absolute Gasteiger partial charge is 0.477 e. The van der Waals surface area contributed by atoms with Crippen LogP contribution in [0.5, 0.6) is 11.5 Å². The van der Waals surface area contributed by atoms with Crippen molar-refractivity contribution in [3.05, 3.63) is 71.0 Å². The average molecular weight is 780 g/mol. The molecule has 1 fully saturated rings. The molecule has 0 unspecified atom stereocenters. The number of likely N-dealkylation sites (N-methyl/N-ethyl adjacent to an activating group) is 1. The van der Waals surface area contributed by atoms with Crippen molar-refractivity contribution in [1.82, 2.24) is 4.90 Å². The molecule has 304 valence electrons. The number of hydrogen-bond acceptors (Lipinski definition) is 14. The normalized spacial score (nSPS) is 27.7. The van der Waals surface area contributed by atoms with E-state index in [1.165, 1.54) is 13.8 Å². The number of hydrogen-bond donors (Lipinski definition) is 1. The highest BCUT2D eigenvalue weighted by Gasteiger charge is 2.68. The van der Waals surface area contributed by atoms with Gasteiger partial charge < -0.3 is 47.9 Å². The highest BCUT2D eigenvalue weighted by atomic mass is 16.8. The van der Waals surface area contributed by atoms with Crippen LogP contribution in [0.3, 0.4) is 0 Å². The Bertz CT molecular complexity index is 1870. The Hall–Kier alpha value is -4.50. The molecule has 0 bridgehead atoms. The third-order valence-electron chi connectivity index (χ3n) is 10.9. The van der Waals surface area contributed by atoms with E-state index >= 15 is 0 Å². The third kappa shape index (κ3) is 7.63. The molecule has 0 saturated carbocycles. The van der Waals surface area contributed by atoms with Crippen molar-refractivity contribution in [2.45, 2.75) is 134 Å². The summed E-state index contributed by atoms with van der Waals surface area (Å²) in [7, 11) is 1.94. The zero-order chi connectivity index (χ0) is 40.8. The first kappa shape index (κ1) is 41.1. The van der Waals surface area contributed by atoms with Gasteiger partial charge in [-0.3, -0.25) is 0 Å². The molecule has 0 spiro atoms. The molecule has 1 saturated heterocycles. The van der Waals surface area contributed by atoms with Crippen molar-refractivity contribution >= 4 is 24.1 Å². The number of benzene rings is 2. The fourth-order valence-corrected chi connectivity index (χ4v) is 8.06. The summed E-state index contributed by atoms with van der Waals surface area (Å²) >= 11 is 0. The molecule has 2 aliphatic heterocycles. The van der Waals surface area contributed by atoms with Crippen LogP contribution in [-0.4, -0.2) is 95.6 Å². The molecule has 7 atom stereocenters. The Morgan fingerprint density at radius 3 is 2.29 bits per heavy atom. The van der Waals surface area contributed by atoms with E-state index in [0.717, 1.165) is 12.0 Å². The fraction of sp³-hybridized carbons (Fsp3) is 0.571. The van der Waals surface area contributed by atoms with Crippen molar-refractivity contribution in [2.75, 3.05) is 20.2 Å². The molecule has 14 nitrogen and oxygen atoms in total. The molecule has 0 aromatic heterocycles. The Labute approximate surface area is 327 Å². The van der Waals surface area contributed by atoms with E-state index in [1.54, 1.807) is 63.2 Å². The number of nitrogens with zero attached hydrogens (tertiary/aromatic N) is 1. The van der Waals surface area contributed by atoms with Crippen LogP contribution in [0.15, 0.2) is 54.3 Å². The van der Waals surface area contributed by atoms with Crippen LogP contribution in [-0.2, 0) is 54.6 Å². The quantitative estimate of drug-likeness (QED) is 0.122. The molecule has 1 N–H and O–H groups in total. The van der Waals surface area contributed by atoms with Gasteiger partial charge in [-0.15, -0.1) is 0 Å². The Morgan fingerprint density at radius 2 is 1.64 bits per heavy atom. The molecule has 0 radical (unpaired) electrons. The van der Waals surface area contributed by atoms with Gasteiger partial charge >= 0.3 is 24.1 Å². The highest BCUT2D eigenvalue weighted by Crippen LogP contribution is 2.62. The van der Waals surface area contributed by atoms with Crippen LogP contribution < -0.4 is 9.47 Å². The van der Waals surface area contributed by atoms with E-state index in [-0.39, 0.29) is 36.3 Å². The summed E-state index contributed by atoms with van der Waals surface area (Å²) in [5.74, 6) is -3.83. The van der Waals surface area contributed by atoms with E-state index in [2.05, 4.69) is 4.90 Å². The topological polar surface area (TPSA) is 166 Å². The van der Waals surface area contributed by atoms with Gasteiger partial charge in [-0.2, -0.15) is 0 Å². The molecule has 4 aliphatic rings. The number of unbranched alkanes of at least 4 members (excludes halogenated alkanes) is 1. The van der Waals surface area contributed by atoms with Crippen molar-refractivity contribution < 1.29 is 62.2 Å². The van der Waals surface area contributed by atoms with Crippen LogP contribution >= 0.6 is 0 Å². The van der Waals surface area contributed by atoms with Crippen LogP contribution in [0.1, 0.15) is 97.4 Å². The van der Waals surface area contributed by atoms with Gasteiger partial charge in [0.2, 0.25) is 6.10 Å². The molecule has 2 heterocycles. The molecule has 14 heteroatoms. The SMILES string of the molecule is CCCCOC(=O)[C@@H](OC(=O)[C@@H]1OC(C)(C)O[C@H]1C(=O)OC1=CC[C@@]2(O)[C@H](N(C)CC)Cc3ccc(OC(=O)OC(C)(C)C)c4c3[C@@]2(C)[C@H]1O4)c1ccccc1. The fourth-order valence-electron chi connectivity index (χ4n) is 8.06. The van der Waals surface area contributed by atoms with E-state index in [0.29, 0.717) is 30.5 Å². The van der Waals surface area contributed by atoms with Gasteiger partial charge in [0, 0.05) is 23.6 Å². The molecule has 2 aliphatic carbocycles. The highest BCUT2D eigenvalue weighted by molar-refractivity contribution is 5.89. The van der Waals surface area contributed by atoms with Gasteiger partial charge in [0.05, 0.1) is 17.6 Å². The van der Waals surface area contributed by atoms with Gasteiger partial charge in [0.15, 0.2) is 35.6 Å². The minimum Gasteiger partial charge on any atom is -0.477 e. The van der Waals surface area contributed by atoms with E-state index < -0.39 is 70.9 Å². The van der Waals surface area contributed by atoms with Crippen molar-refractivity contribution in [1.29, 1.82) is 0 Å². The number of carbonyl (C=O) groups is 4. The number of ether oxygens (including phenoxy) is 8. The van der Waals surface area contributed by atoms with Crippen LogP contribution in [0.25, 0.3) is 0 Å². The first-order valence-electron chi connectivity index (χ1n) is 19.2. The average Bonchev–Trinajstić information content (AvgIpc) is 3.65. The zero-order valence-electron chi connectivity index (χ0n) is 33.5. The molecule has 2 aromatic rings. The number of rotatable bonds is 12. The Morgan fingerprint density at radius 1 is 0.964 bits per heavy atom. The minimum atomic E-state index is -1.62. The standard InChI is InChI=1S/C42H53NO13/c1-10-12-22-49-35(44)30(24-16-14-13-15-17-24)53-37(46)33-32(54-40(6,7)55-33)36(45)50-27-20-21-42(48)28(43(9)11-2)23-25-18-19-26(51-38(47)56-39(3,4)5)31-29(25)41(42,8)34(27)52-31/h13-20,28,30,32-34,48H,10-12,21-23H2,1-9H3/t28-,30+,32-,33-,34+,41+,42-/m1/s1. The second kappa shape index (κ2) is 15.4. The zero-order valence-corrected chi connectivity index (χ0v) is 33.5. The Balaban J connectivity index is 1.30. The Kier molecular flexibility index (Phi) is 11.3. The first-order valence-corrected chi connectivity index (χ1v) is 19.2. The molecule has 0 amide bonds. The number of carbonyl (C=O) groups excluding carboxylic acids is 4. The van der Waals surface area contributed by atoms with E-state index in [1.807, 2.05) is 33.9 Å². The summed E-state index contributed by atoms with van der Waals surface area (Å²) in [5, 5.41) is 12.7. The maximum atomic E-state index is 14.2. The predicted octanol–water partition coefficient (Wildman–Crippen LogP) is 5.61. The van der Waals surface area contributed by atoms with Gasteiger partial charge in [-0.25, -0.2) is 19.2 Å². The first-order chi connectivity index (χ1) is 26.3. The van der Waals surface area contributed by atoms with Gasteiger partial charge in [-0.1, -0.05) is 56.7 Å². The lowest BCUT2D eigenvalue weighted by Crippen LogP contribution is -2.69. The predicted molar refractivity (Wildman–Crippen MR) is 200 cm³/mol. The summed E-state index contributed by atoms with van der Waals surface area (Å²) in [4.78, 5) is 56.1. The third-order valence-corrected chi connectivity index (χ3v) is 10.9. The van der Waals surface area contributed by atoms with Crippen LogP contribution in [0.2, 0.25) is 0 Å². The summed E-state index contributed by atoms with van der Waals surface area (Å²) in [6, 6.07) is 11.5. The van der Waals surface area contributed by atoms with Gasteiger partial charge in [0.25, 0.3) is 0 Å². The molecular formula is C42H53NO13. The number of aliphatic hydroxyl groups is 1. The summed E-state index contributed by atoms with van der Waals surface area (Å²) in [6.45, 7) is 14.8. The number of esters is 3. The van der Waals surface area contributed by atoms with Crippen LogP contribution in [0.4, 0.5) is 4.79 Å². The van der Waals surface area contributed by atoms with Crippen LogP contribution in [0, 0.1) is 0 Å². The van der Waals surface area contributed by atoms with Crippen molar-refractivity contribution in [3.63, 3.8) is 0 Å². The summed E-state index contributed by atoms with van der Waals surface area (Å²) < 4.78 is 46.7. The summed E-state index contributed by atoms with van der Waals surface area (Å²) in [6.07, 6.45) is -3.09. The van der Waals surface area contributed by atoms with Gasteiger partial charge in [-0.05, 0) is 85.7 Å². The lowest BCUT2D eigenvalue weighted by molar-refractivity contribution is -0.182. The molecule has 6 rings (SSSR count). The summed E-state index contributed by atoms with van der Waals surface area (Å²) in [5.41, 5.74) is -1.55. The second-order valence-corrected chi connectivity index (χ2v) is 16.4. The molecule has 2 aromatic carbocycles. The molecule has 56 heavy (non-hydrogen) atoms. The van der Waals surface area contributed by atoms with E-state index in [4.69, 9.17) is 37.9 Å². The second-order valence-electron chi connectivity index (χ2n) is 16.4. The van der Waals surface area contributed by atoms with Crippen molar-refractivity contribution in [3.8, 4) is 11.5 Å².